The fourth-order valence-corrected chi connectivity index (χ4v) is 5.02. The highest BCUT2D eigenvalue weighted by Crippen LogP contribution is 2.38. The molecule has 2 aromatic heterocycles. The summed E-state index contributed by atoms with van der Waals surface area (Å²) >= 11 is 0. The minimum absolute atomic E-state index is 0.204. The number of aliphatic imine (C=N–C) groups is 1. The van der Waals surface area contributed by atoms with E-state index in [1.54, 1.807) is 35.4 Å². The van der Waals surface area contributed by atoms with Crippen LogP contribution < -0.4 is 4.90 Å². The molecule has 192 valence electrons. The quantitative estimate of drug-likeness (QED) is 0.361. The van der Waals surface area contributed by atoms with E-state index in [9.17, 15) is 13.6 Å². The molecule has 0 fully saturated rings. The summed E-state index contributed by atoms with van der Waals surface area (Å²) in [7, 11) is 0. The fraction of sp³-hybridized carbons (Fsp3) is 0.241. The minimum atomic E-state index is -0.381. The Morgan fingerprint density at radius 1 is 0.921 bits per heavy atom. The molecule has 0 radical (unpaired) electrons. The molecular formula is C29H26F2N6O. The Balaban J connectivity index is 1.49. The van der Waals surface area contributed by atoms with E-state index in [1.807, 2.05) is 37.5 Å². The van der Waals surface area contributed by atoms with Crippen LogP contribution >= 0.6 is 0 Å². The van der Waals surface area contributed by atoms with Gasteiger partial charge in [0.15, 0.2) is 5.69 Å². The number of fused-ring (bicyclic) bond motifs is 3. The molecule has 9 heteroatoms. The normalized spacial score (nSPS) is 15.9. The second kappa shape index (κ2) is 8.86. The van der Waals surface area contributed by atoms with Gasteiger partial charge in [-0.15, -0.1) is 0 Å². The molecule has 38 heavy (non-hydrogen) atoms. The van der Waals surface area contributed by atoms with Crippen molar-refractivity contribution in [2.75, 3.05) is 18.0 Å². The maximum absolute atomic E-state index is 13.7. The number of benzene rings is 2. The monoisotopic (exact) mass is 512 g/mol. The zero-order valence-electron chi connectivity index (χ0n) is 21.3. The van der Waals surface area contributed by atoms with Crippen molar-refractivity contribution >= 4 is 17.7 Å². The van der Waals surface area contributed by atoms with Gasteiger partial charge in [-0.25, -0.2) is 18.8 Å². The topological polar surface area (TPSA) is 66.6 Å². The number of guanidine groups is 1. The Labute approximate surface area is 219 Å². The Morgan fingerprint density at radius 3 is 2.21 bits per heavy atom. The van der Waals surface area contributed by atoms with Gasteiger partial charge in [0.1, 0.15) is 23.3 Å². The second-order valence-corrected chi connectivity index (χ2v) is 10.1. The first-order chi connectivity index (χ1) is 18.2. The molecule has 7 nitrogen and oxygen atoms in total. The average Bonchev–Trinajstić information content (AvgIpc) is 3.43. The van der Waals surface area contributed by atoms with Gasteiger partial charge < -0.3 is 4.57 Å². The molecule has 4 heterocycles. The SMILES string of the molecule is CCN1C(=O)c2nc(-c3ccc(-c4ccc(F)cc4)nc3)n(Cc3ccc(F)cc3)c2N2CC(C)(C)N=C12. The molecule has 0 saturated heterocycles. The van der Waals surface area contributed by atoms with E-state index >= 15 is 0 Å². The number of carbonyl (C=O) groups is 1. The Morgan fingerprint density at radius 2 is 1.58 bits per heavy atom. The van der Waals surface area contributed by atoms with Crippen LogP contribution in [0.1, 0.15) is 36.8 Å². The summed E-state index contributed by atoms with van der Waals surface area (Å²) in [5, 5.41) is 0. The van der Waals surface area contributed by atoms with Crippen LogP contribution in [0, 0.1) is 11.6 Å². The van der Waals surface area contributed by atoms with Crippen molar-refractivity contribution in [2.45, 2.75) is 32.9 Å². The van der Waals surface area contributed by atoms with Crippen molar-refractivity contribution in [3.05, 3.63) is 89.8 Å². The van der Waals surface area contributed by atoms with Crippen LogP contribution in [-0.4, -0.2) is 49.9 Å². The van der Waals surface area contributed by atoms with E-state index < -0.39 is 0 Å². The van der Waals surface area contributed by atoms with E-state index in [2.05, 4.69) is 9.88 Å². The maximum atomic E-state index is 13.7. The van der Waals surface area contributed by atoms with Crippen molar-refractivity contribution < 1.29 is 13.6 Å². The first kappa shape index (κ1) is 24.0. The van der Waals surface area contributed by atoms with Crippen molar-refractivity contribution in [1.82, 2.24) is 19.4 Å². The van der Waals surface area contributed by atoms with E-state index in [0.29, 0.717) is 48.6 Å². The molecule has 0 aliphatic carbocycles. The molecule has 2 aromatic carbocycles. The molecule has 0 unspecified atom stereocenters. The first-order valence-electron chi connectivity index (χ1n) is 12.5. The van der Waals surface area contributed by atoms with Crippen LogP contribution in [0.2, 0.25) is 0 Å². The second-order valence-electron chi connectivity index (χ2n) is 10.1. The average molecular weight is 513 g/mol. The number of rotatable bonds is 5. The summed E-state index contributed by atoms with van der Waals surface area (Å²) in [5.41, 5.74) is 3.04. The molecule has 0 saturated carbocycles. The van der Waals surface area contributed by atoms with Gasteiger partial charge in [0.2, 0.25) is 5.96 Å². The lowest BCUT2D eigenvalue weighted by molar-refractivity contribution is 0.0841. The predicted molar refractivity (Wildman–Crippen MR) is 142 cm³/mol. The van der Waals surface area contributed by atoms with E-state index in [0.717, 1.165) is 16.7 Å². The van der Waals surface area contributed by atoms with Crippen LogP contribution in [0.3, 0.4) is 0 Å². The van der Waals surface area contributed by atoms with Crippen LogP contribution in [0.4, 0.5) is 14.6 Å². The van der Waals surface area contributed by atoms with Crippen molar-refractivity contribution in [2.24, 2.45) is 4.99 Å². The fourth-order valence-electron chi connectivity index (χ4n) is 5.02. The van der Waals surface area contributed by atoms with Gasteiger partial charge in [-0.3, -0.25) is 19.6 Å². The third-order valence-corrected chi connectivity index (χ3v) is 6.81. The number of aromatic nitrogens is 3. The van der Waals surface area contributed by atoms with E-state index in [4.69, 9.17) is 9.98 Å². The summed E-state index contributed by atoms with van der Waals surface area (Å²) in [4.78, 5) is 31.6. The van der Waals surface area contributed by atoms with Crippen LogP contribution in [0.25, 0.3) is 22.6 Å². The van der Waals surface area contributed by atoms with Gasteiger partial charge >= 0.3 is 0 Å². The summed E-state index contributed by atoms with van der Waals surface area (Å²) in [6.07, 6.45) is 1.71. The van der Waals surface area contributed by atoms with Gasteiger partial charge in [-0.2, -0.15) is 0 Å². The number of hydrogen-bond donors (Lipinski definition) is 0. The third kappa shape index (κ3) is 4.04. The molecule has 0 bridgehead atoms. The number of amides is 1. The number of nitrogens with zero attached hydrogens (tertiary/aromatic N) is 6. The maximum Gasteiger partial charge on any atom is 0.283 e. The highest BCUT2D eigenvalue weighted by molar-refractivity contribution is 6.18. The zero-order chi connectivity index (χ0) is 26.6. The van der Waals surface area contributed by atoms with Crippen LogP contribution in [0.5, 0.6) is 0 Å². The molecule has 2 aliphatic rings. The van der Waals surface area contributed by atoms with Gasteiger partial charge in [-0.1, -0.05) is 12.1 Å². The van der Waals surface area contributed by atoms with Crippen molar-refractivity contribution in [3.8, 4) is 22.6 Å². The standard InChI is InChI=1S/C29H26F2N6O/c1-4-35-27(38)24-26(37-17-29(2,3)34-28(35)37)36(16-18-5-10-21(30)11-6-18)25(33-24)20-9-14-23(32-15-20)19-7-12-22(31)13-8-19/h5-15H,4,16-17H2,1-3H3. The Bertz CT molecular complexity index is 1560. The molecule has 1 amide bonds. The molecule has 6 rings (SSSR count). The van der Waals surface area contributed by atoms with Crippen molar-refractivity contribution in [1.29, 1.82) is 0 Å². The number of halogens is 2. The summed E-state index contributed by atoms with van der Waals surface area (Å²) in [6, 6.07) is 16.2. The number of pyridine rings is 1. The summed E-state index contributed by atoms with van der Waals surface area (Å²) < 4.78 is 29.0. The molecule has 0 N–H and O–H groups in total. The molecule has 0 atom stereocenters. The van der Waals surface area contributed by atoms with E-state index in [1.165, 1.54) is 24.3 Å². The highest BCUT2D eigenvalue weighted by atomic mass is 19.1. The molecular weight excluding hydrogens is 486 g/mol. The lowest BCUT2D eigenvalue weighted by Gasteiger charge is -2.34. The van der Waals surface area contributed by atoms with Gasteiger partial charge in [0.05, 0.1) is 24.3 Å². The number of hydrogen-bond acceptors (Lipinski definition) is 5. The number of imidazole rings is 1. The molecule has 4 aromatic rings. The lowest BCUT2D eigenvalue weighted by atomic mass is 10.1. The zero-order valence-corrected chi connectivity index (χ0v) is 21.3. The predicted octanol–water partition coefficient (Wildman–Crippen LogP) is 5.37. The van der Waals surface area contributed by atoms with Crippen LogP contribution in [-0.2, 0) is 6.54 Å². The lowest BCUT2D eigenvalue weighted by Crippen LogP contribution is -2.51. The largest absolute Gasteiger partial charge is 0.305 e. The number of anilines is 1. The summed E-state index contributed by atoms with van der Waals surface area (Å²) in [6.45, 7) is 7.43. The van der Waals surface area contributed by atoms with Crippen molar-refractivity contribution in [3.63, 3.8) is 0 Å². The smallest absolute Gasteiger partial charge is 0.283 e. The molecule has 0 spiro atoms. The van der Waals surface area contributed by atoms with Gasteiger partial charge in [0, 0.05) is 23.9 Å². The highest BCUT2D eigenvalue weighted by Gasteiger charge is 2.45. The summed E-state index contributed by atoms with van der Waals surface area (Å²) in [5.74, 6) is 1.04. The van der Waals surface area contributed by atoms with Crippen LogP contribution in [0.15, 0.2) is 71.9 Å². The van der Waals surface area contributed by atoms with Gasteiger partial charge in [-0.05, 0) is 74.9 Å². The number of carbonyl (C=O) groups excluding carboxylic acids is 1. The Hall–Kier alpha value is -4.40. The van der Waals surface area contributed by atoms with Gasteiger partial charge in [0.25, 0.3) is 5.91 Å². The van der Waals surface area contributed by atoms with E-state index in [-0.39, 0.29) is 23.1 Å². The Kier molecular flexibility index (Phi) is 5.59. The first-order valence-corrected chi connectivity index (χ1v) is 12.5. The molecule has 2 aliphatic heterocycles. The third-order valence-electron chi connectivity index (χ3n) is 6.81. The minimum Gasteiger partial charge on any atom is -0.305 e.